The molecule has 1 aromatic carbocycles. The van der Waals surface area contributed by atoms with Crippen LogP contribution in [-0.4, -0.2) is 28.0 Å². The lowest BCUT2D eigenvalue weighted by atomic mass is 10.1. The van der Waals surface area contributed by atoms with E-state index in [0.29, 0.717) is 17.2 Å². The second-order valence-electron chi connectivity index (χ2n) is 4.76. The molecular weight excluding hydrogens is 288 g/mol. The molecule has 2 heterocycles. The fourth-order valence-corrected chi connectivity index (χ4v) is 2.15. The standard InChI is InChI=1S/C15H12N2O5/c1-2-5-9-8-12(16-21-9)15(20)22-17-13(18)10-6-3-4-7-11(10)14(17)19/h3-4,6-8H,2,5H2,1H3. The minimum atomic E-state index is -0.916. The number of amides is 2. The van der Waals surface area contributed by atoms with Gasteiger partial charge in [0.25, 0.3) is 11.8 Å². The number of nitrogens with zero attached hydrogens (tertiary/aromatic N) is 2. The Labute approximate surface area is 125 Å². The Morgan fingerprint density at radius 2 is 1.86 bits per heavy atom. The second kappa shape index (κ2) is 5.44. The molecule has 2 aromatic rings. The zero-order valence-corrected chi connectivity index (χ0v) is 11.7. The van der Waals surface area contributed by atoms with Crippen molar-refractivity contribution in [1.82, 2.24) is 10.2 Å². The smallest absolute Gasteiger partial charge is 0.361 e. The van der Waals surface area contributed by atoms with Crippen molar-refractivity contribution in [3.63, 3.8) is 0 Å². The number of fused-ring (bicyclic) bond motifs is 1. The van der Waals surface area contributed by atoms with Gasteiger partial charge in [0, 0.05) is 12.5 Å². The summed E-state index contributed by atoms with van der Waals surface area (Å²) in [5.74, 6) is -1.73. The van der Waals surface area contributed by atoms with Crippen LogP contribution in [-0.2, 0) is 11.3 Å². The van der Waals surface area contributed by atoms with Crippen LogP contribution in [0.4, 0.5) is 0 Å². The lowest BCUT2D eigenvalue weighted by Crippen LogP contribution is -2.32. The number of hydroxylamine groups is 2. The molecule has 0 N–H and O–H groups in total. The van der Waals surface area contributed by atoms with Crippen molar-refractivity contribution in [2.45, 2.75) is 19.8 Å². The summed E-state index contributed by atoms with van der Waals surface area (Å²) in [5, 5.41) is 4.02. The first-order valence-corrected chi connectivity index (χ1v) is 6.77. The van der Waals surface area contributed by atoms with Gasteiger partial charge in [-0.25, -0.2) is 4.79 Å². The van der Waals surface area contributed by atoms with Gasteiger partial charge < -0.3 is 9.36 Å². The van der Waals surface area contributed by atoms with Crippen LogP contribution < -0.4 is 0 Å². The predicted molar refractivity (Wildman–Crippen MR) is 72.9 cm³/mol. The summed E-state index contributed by atoms with van der Waals surface area (Å²) in [5.41, 5.74) is 0.319. The van der Waals surface area contributed by atoms with Crippen LogP contribution in [0.15, 0.2) is 34.9 Å². The molecule has 1 aliphatic heterocycles. The van der Waals surface area contributed by atoms with E-state index in [0.717, 1.165) is 6.42 Å². The van der Waals surface area contributed by atoms with Crippen LogP contribution in [0.2, 0.25) is 0 Å². The van der Waals surface area contributed by atoms with Crippen LogP contribution in [0.5, 0.6) is 0 Å². The fraction of sp³-hybridized carbons (Fsp3) is 0.200. The summed E-state index contributed by atoms with van der Waals surface area (Å²) in [7, 11) is 0. The zero-order valence-electron chi connectivity index (χ0n) is 11.7. The van der Waals surface area contributed by atoms with Crippen molar-refractivity contribution < 1.29 is 23.7 Å². The number of aromatic nitrogens is 1. The third-order valence-electron chi connectivity index (χ3n) is 3.20. The molecule has 0 unspecified atom stereocenters. The van der Waals surface area contributed by atoms with Crippen LogP contribution in [0.3, 0.4) is 0 Å². The summed E-state index contributed by atoms with van der Waals surface area (Å²) in [6, 6.07) is 7.69. The Hall–Kier alpha value is -2.96. The SMILES string of the molecule is CCCc1cc(C(=O)ON2C(=O)c3ccccc3C2=O)no1. The van der Waals surface area contributed by atoms with Gasteiger partial charge in [0.15, 0.2) is 5.69 Å². The lowest BCUT2D eigenvalue weighted by Gasteiger charge is -2.10. The van der Waals surface area contributed by atoms with E-state index in [-0.39, 0.29) is 16.8 Å². The van der Waals surface area contributed by atoms with Crippen molar-refractivity contribution in [3.8, 4) is 0 Å². The minimum absolute atomic E-state index is 0.0833. The van der Waals surface area contributed by atoms with Crippen molar-refractivity contribution in [2.24, 2.45) is 0 Å². The highest BCUT2D eigenvalue weighted by Gasteiger charge is 2.39. The maximum absolute atomic E-state index is 12.1. The van der Waals surface area contributed by atoms with Gasteiger partial charge in [0.2, 0.25) is 0 Å². The maximum atomic E-state index is 12.1. The minimum Gasteiger partial charge on any atom is -0.361 e. The summed E-state index contributed by atoms with van der Waals surface area (Å²) >= 11 is 0. The highest BCUT2D eigenvalue weighted by atomic mass is 16.7. The first-order chi connectivity index (χ1) is 10.6. The molecule has 7 heteroatoms. The number of rotatable bonds is 4. The number of carbonyl (C=O) groups excluding carboxylic acids is 3. The molecule has 0 saturated heterocycles. The number of benzene rings is 1. The van der Waals surface area contributed by atoms with Crippen molar-refractivity contribution >= 4 is 17.8 Å². The van der Waals surface area contributed by atoms with Gasteiger partial charge in [-0.15, -0.1) is 0 Å². The monoisotopic (exact) mass is 300 g/mol. The Balaban J connectivity index is 1.77. The summed E-state index contributed by atoms with van der Waals surface area (Å²) in [4.78, 5) is 41.0. The van der Waals surface area contributed by atoms with E-state index >= 15 is 0 Å². The van der Waals surface area contributed by atoms with E-state index in [2.05, 4.69) is 5.16 Å². The van der Waals surface area contributed by atoms with E-state index in [4.69, 9.17) is 9.36 Å². The lowest BCUT2D eigenvalue weighted by molar-refractivity contribution is -0.0590. The van der Waals surface area contributed by atoms with Gasteiger partial charge in [0.05, 0.1) is 11.1 Å². The molecule has 3 rings (SSSR count). The predicted octanol–water partition coefficient (Wildman–Crippen LogP) is 2.00. The van der Waals surface area contributed by atoms with Crippen LogP contribution >= 0.6 is 0 Å². The second-order valence-corrected chi connectivity index (χ2v) is 4.76. The van der Waals surface area contributed by atoms with Crippen LogP contribution in [0.1, 0.15) is 50.3 Å². The van der Waals surface area contributed by atoms with Gasteiger partial charge in [-0.2, -0.15) is 0 Å². The first-order valence-electron chi connectivity index (χ1n) is 6.77. The number of aryl methyl sites for hydroxylation is 1. The summed E-state index contributed by atoms with van der Waals surface area (Å²) in [6.07, 6.45) is 1.47. The molecule has 0 aliphatic carbocycles. The molecule has 0 atom stereocenters. The van der Waals surface area contributed by atoms with Gasteiger partial charge in [-0.1, -0.05) is 29.3 Å². The molecule has 0 radical (unpaired) electrons. The quantitative estimate of drug-likeness (QED) is 0.802. The van der Waals surface area contributed by atoms with Gasteiger partial charge in [-0.05, 0) is 18.6 Å². The van der Waals surface area contributed by atoms with E-state index in [1.165, 1.54) is 18.2 Å². The molecule has 7 nitrogen and oxygen atoms in total. The summed E-state index contributed by atoms with van der Waals surface area (Å²) in [6.45, 7) is 1.96. The molecule has 2 amide bonds. The first kappa shape index (κ1) is 14.0. The molecular formula is C15H12N2O5. The number of hydrogen-bond donors (Lipinski definition) is 0. The van der Waals surface area contributed by atoms with E-state index < -0.39 is 17.8 Å². The van der Waals surface area contributed by atoms with Crippen molar-refractivity contribution in [2.75, 3.05) is 0 Å². The third-order valence-corrected chi connectivity index (χ3v) is 3.20. The average Bonchev–Trinajstić information content (AvgIpc) is 3.08. The molecule has 22 heavy (non-hydrogen) atoms. The van der Waals surface area contributed by atoms with Crippen molar-refractivity contribution in [1.29, 1.82) is 0 Å². The number of hydrogen-bond acceptors (Lipinski definition) is 6. The van der Waals surface area contributed by atoms with E-state index in [1.807, 2.05) is 6.92 Å². The number of imide groups is 1. The van der Waals surface area contributed by atoms with Gasteiger partial charge in [0.1, 0.15) is 5.76 Å². The highest BCUT2D eigenvalue weighted by molar-refractivity contribution is 6.21. The Morgan fingerprint density at radius 1 is 1.23 bits per heavy atom. The van der Waals surface area contributed by atoms with E-state index in [1.54, 1.807) is 12.1 Å². The third kappa shape index (κ3) is 2.26. The molecule has 112 valence electrons. The summed E-state index contributed by atoms with van der Waals surface area (Å²) < 4.78 is 4.97. The Kier molecular flexibility index (Phi) is 3.46. The molecule has 0 bridgehead atoms. The normalized spacial score (nSPS) is 13.4. The van der Waals surface area contributed by atoms with E-state index in [9.17, 15) is 14.4 Å². The molecule has 1 aromatic heterocycles. The van der Waals surface area contributed by atoms with Crippen LogP contribution in [0.25, 0.3) is 0 Å². The highest BCUT2D eigenvalue weighted by Crippen LogP contribution is 2.23. The zero-order chi connectivity index (χ0) is 15.7. The number of carbonyl (C=O) groups is 3. The average molecular weight is 300 g/mol. The largest absolute Gasteiger partial charge is 0.385 e. The Bertz CT molecular complexity index is 730. The topological polar surface area (TPSA) is 89.7 Å². The van der Waals surface area contributed by atoms with Gasteiger partial charge >= 0.3 is 5.97 Å². The molecule has 1 aliphatic rings. The van der Waals surface area contributed by atoms with Crippen LogP contribution in [0, 0.1) is 0 Å². The fourth-order valence-electron chi connectivity index (χ4n) is 2.15. The Morgan fingerprint density at radius 3 is 2.45 bits per heavy atom. The molecule has 0 saturated carbocycles. The van der Waals surface area contributed by atoms with Gasteiger partial charge in [-0.3, -0.25) is 9.59 Å². The molecule has 0 fully saturated rings. The molecule has 0 spiro atoms. The van der Waals surface area contributed by atoms with Crippen molar-refractivity contribution in [3.05, 3.63) is 52.9 Å². The maximum Gasteiger partial charge on any atom is 0.385 e.